The molecule has 0 saturated carbocycles. The zero-order chi connectivity index (χ0) is 13.1. The summed E-state index contributed by atoms with van der Waals surface area (Å²) in [6, 6.07) is 3.70. The van der Waals surface area contributed by atoms with E-state index < -0.39 is 0 Å². The molecule has 2 rings (SSSR count). The molecule has 0 aliphatic heterocycles. The fraction of sp³-hybridized carbons (Fsp3) is 0.385. The molecule has 0 unspecified atom stereocenters. The molecule has 0 saturated heterocycles. The Morgan fingerprint density at radius 3 is 2.72 bits per heavy atom. The van der Waals surface area contributed by atoms with E-state index in [4.69, 9.17) is 4.42 Å². The minimum Gasteiger partial charge on any atom is -0.461 e. The van der Waals surface area contributed by atoms with Gasteiger partial charge in [0.25, 0.3) is 0 Å². The standard InChI is InChI=1S/C13H16BrN3O/c1-4-15-13-10(14)11(8(2)3)16-12(17-13)9-6-5-7-18-9/h5-8H,4H2,1-3H3,(H,15,16,17). The van der Waals surface area contributed by atoms with Gasteiger partial charge in [0, 0.05) is 6.54 Å². The monoisotopic (exact) mass is 309 g/mol. The number of rotatable bonds is 4. The van der Waals surface area contributed by atoms with Crippen molar-refractivity contribution in [2.45, 2.75) is 26.7 Å². The van der Waals surface area contributed by atoms with Crippen LogP contribution >= 0.6 is 15.9 Å². The first-order valence-electron chi connectivity index (χ1n) is 5.98. The molecule has 0 fully saturated rings. The lowest BCUT2D eigenvalue weighted by Gasteiger charge is -2.13. The van der Waals surface area contributed by atoms with Crippen molar-refractivity contribution < 1.29 is 4.42 Å². The van der Waals surface area contributed by atoms with Gasteiger partial charge in [-0.15, -0.1) is 0 Å². The Kier molecular flexibility index (Phi) is 4.01. The molecule has 0 bridgehead atoms. The lowest BCUT2D eigenvalue weighted by Crippen LogP contribution is -2.07. The van der Waals surface area contributed by atoms with Gasteiger partial charge < -0.3 is 9.73 Å². The van der Waals surface area contributed by atoms with Crippen LogP contribution in [0.5, 0.6) is 0 Å². The Morgan fingerprint density at radius 2 is 2.17 bits per heavy atom. The van der Waals surface area contributed by atoms with Crippen molar-refractivity contribution in [2.75, 3.05) is 11.9 Å². The average Bonchev–Trinajstić information content (AvgIpc) is 2.85. The van der Waals surface area contributed by atoms with E-state index in [-0.39, 0.29) is 0 Å². The lowest BCUT2D eigenvalue weighted by atomic mass is 10.1. The van der Waals surface area contributed by atoms with Gasteiger partial charge in [0.15, 0.2) is 11.6 Å². The van der Waals surface area contributed by atoms with Gasteiger partial charge in [-0.25, -0.2) is 9.97 Å². The van der Waals surface area contributed by atoms with E-state index in [1.54, 1.807) is 6.26 Å². The summed E-state index contributed by atoms with van der Waals surface area (Å²) in [5.74, 6) is 2.42. The summed E-state index contributed by atoms with van der Waals surface area (Å²) in [7, 11) is 0. The Labute approximate surface area is 115 Å². The summed E-state index contributed by atoms with van der Waals surface area (Å²) in [6.07, 6.45) is 1.63. The highest BCUT2D eigenvalue weighted by Crippen LogP contribution is 2.31. The normalized spacial score (nSPS) is 10.9. The van der Waals surface area contributed by atoms with Crippen LogP contribution in [0.25, 0.3) is 11.6 Å². The van der Waals surface area contributed by atoms with E-state index in [0.29, 0.717) is 17.5 Å². The van der Waals surface area contributed by atoms with Gasteiger partial charge in [-0.1, -0.05) is 13.8 Å². The van der Waals surface area contributed by atoms with Crippen molar-refractivity contribution >= 4 is 21.7 Å². The minimum atomic E-state index is 0.313. The van der Waals surface area contributed by atoms with Crippen LogP contribution in [0.1, 0.15) is 32.4 Å². The van der Waals surface area contributed by atoms with E-state index in [1.165, 1.54) is 0 Å². The van der Waals surface area contributed by atoms with Crippen molar-refractivity contribution in [2.24, 2.45) is 0 Å². The van der Waals surface area contributed by atoms with Crippen molar-refractivity contribution in [1.82, 2.24) is 9.97 Å². The number of nitrogens with one attached hydrogen (secondary N) is 1. The van der Waals surface area contributed by atoms with Gasteiger partial charge in [-0.2, -0.15) is 0 Å². The van der Waals surface area contributed by atoms with Crippen molar-refractivity contribution in [3.05, 3.63) is 28.6 Å². The van der Waals surface area contributed by atoms with Gasteiger partial charge in [0.05, 0.1) is 16.4 Å². The Hall–Kier alpha value is -1.36. The molecular formula is C13H16BrN3O. The molecule has 0 aliphatic carbocycles. The lowest BCUT2D eigenvalue weighted by molar-refractivity contribution is 0.576. The third-order valence-corrected chi connectivity index (χ3v) is 3.29. The summed E-state index contributed by atoms with van der Waals surface area (Å²) >= 11 is 3.56. The van der Waals surface area contributed by atoms with Crippen LogP contribution in [-0.4, -0.2) is 16.5 Å². The van der Waals surface area contributed by atoms with Crippen LogP contribution in [0.2, 0.25) is 0 Å². The fourth-order valence-electron chi connectivity index (χ4n) is 1.65. The van der Waals surface area contributed by atoms with Gasteiger partial charge in [0.1, 0.15) is 5.82 Å². The van der Waals surface area contributed by atoms with Gasteiger partial charge in [-0.3, -0.25) is 0 Å². The van der Waals surface area contributed by atoms with E-state index >= 15 is 0 Å². The molecule has 0 atom stereocenters. The topological polar surface area (TPSA) is 51.0 Å². The number of anilines is 1. The molecule has 96 valence electrons. The maximum absolute atomic E-state index is 5.36. The Bertz CT molecular complexity index is 523. The number of aromatic nitrogens is 2. The molecule has 1 N–H and O–H groups in total. The molecule has 0 amide bonds. The first kappa shape index (κ1) is 13.1. The van der Waals surface area contributed by atoms with Crippen molar-refractivity contribution in [1.29, 1.82) is 0 Å². The predicted molar refractivity (Wildman–Crippen MR) is 75.7 cm³/mol. The highest BCUT2D eigenvalue weighted by atomic mass is 79.9. The molecule has 0 aliphatic rings. The quantitative estimate of drug-likeness (QED) is 0.925. The van der Waals surface area contributed by atoms with E-state index in [2.05, 4.69) is 45.1 Å². The molecule has 4 nitrogen and oxygen atoms in total. The van der Waals surface area contributed by atoms with Crippen LogP contribution < -0.4 is 5.32 Å². The van der Waals surface area contributed by atoms with Crippen LogP contribution in [0.15, 0.2) is 27.3 Å². The molecular weight excluding hydrogens is 294 g/mol. The second-order valence-electron chi connectivity index (χ2n) is 4.26. The Morgan fingerprint density at radius 1 is 1.39 bits per heavy atom. The third-order valence-electron chi connectivity index (χ3n) is 2.51. The summed E-state index contributed by atoms with van der Waals surface area (Å²) < 4.78 is 6.28. The van der Waals surface area contributed by atoms with E-state index in [0.717, 1.165) is 22.5 Å². The first-order chi connectivity index (χ1) is 8.63. The van der Waals surface area contributed by atoms with E-state index in [9.17, 15) is 0 Å². The maximum Gasteiger partial charge on any atom is 0.197 e. The van der Waals surface area contributed by atoms with Crippen LogP contribution in [0.3, 0.4) is 0 Å². The predicted octanol–water partition coefficient (Wildman–Crippen LogP) is 4.05. The SMILES string of the molecule is CCNc1nc(-c2ccco2)nc(C(C)C)c1Br. The molecule has 5 heteroatoms. The second-order valence-corrected chi connectivity index (χ2v) is 5.05. The van der Waals surface area contributed by atoms with Crippen molar-refractivity contribution in [3.8, 4) is 11.6 Å². The zero-order valence-corrected chi connectivity index (χ0v) is 12.3. The average molecular weight is 310 g/mol. The molecule has 0 spiro atoms. The zero-order valence-electron chi connectivity index (χ0n) is 10.7. The first-order valence-corrected chi connectivity index (χ1v) is 6.78. The molecule has 0 radical (unpaired) electrons. The maximum atomic E-state index is 5.36. The van der Waals surface area contributed by atoms with Gasteiger partial charge in [-0.05, 0) is 40.9 Å². The molecule has 0 aromatic carbocycles. The largest absolute Gasteiger partial charge is 0.461 e. The van der Waals surface area contributed by atoms with Crippen LogP contribution in [-0.2, 0) is 0 Å². The number of furan rings is 1. The number of halogens is 1. The summed E-state index contributed by atoms with van der Waals surface area (Å²) in [5, 5.41) is 3.23. The Balaban J connectivity index is 2.55. The summed E-state index contributed by atoms with van der Waals surface area (Å²) in [5.41, 5.74) is 0.979. The van der Waals surface area contributed by atoms with Crippen LogP contribution in [0.4, 0.5) is 5.82 Å². The smallest absolute Gasteiger partial charge is 0.197 e. The number of hydrogen-bond acceptors (Lipinski definition) is 4. The van der Waals surface area contributed by atoms with Gasteiger partial charge in [0.2, 0.25) is 0 Å². The molecule has 18 heavy (non-hydrogen) atoms. The third kappa shape index (κ3) is 2.56. The number of nitrogens with zero attached hydrogens (tertiary/aromatic N) is 2. The minimum absolute atomic E-state index is 0.313. The second kappa shape index (κ2) is 5.52. The highest BCUT2D eigenvalue weighted by molar-refractivity contribution is 9.10. The molecule has 2 heterocycles. The van der Waals surface area contributed by atoms with Gasteiger partial charge >= 0.3 is 0 Å². The molecule has 2 aromatic heterocycles. The van der Waals surface area contributed by atoms with Crippen molar-refractivity contribution in [3.63, 3.8) is 0 Å². The summed E-state index contributed by atoms with van der Waals surface area (Å²) in [4.78, 5) is 9.05. The number of hydrogen-bond donors (Lipinski definition) is 1. The summed E-state index contributed by atoms with van der Waals surface area (Å²) in [6.45, 7) is 7.06. The fourth-order valence-corrected chi connectivity index (χ4v) is 2.42. The highest BCUT2D eigenvalue weighted by Gasteiger charge is 2.16. The van der Waals surface area contributed by atoms with Crippen LogP contribution in [0, 0.1) is 0 Å². The van der Waals surface area contributed by atoms with E-state index in [1.807, 2.05) is 19.1 Å². The molecule has 2 aromatic rings.